The number of rotatable bonds is 0. The van der Waals surface area contributed by atoms with Crippen molar-refractivity contribution in [1.29, 1.82) is 0 Å². The Bertz CT molecular complexity index is 1320. The van der Waals surface area contributed by atoms with Crippen molar-refractivity contribution in [2.45, 2.75) is 19.0 Å². The van der Waals surface area contributed by atoms with Crippen molar-refractivity contribution in [3.63, 3.8) is 0 Å². The molecule has 11 heteroatoms. The number of aromatic amines is 1. The average Bonchev–Trinajstić information content (AvgIpc) is 2.79. The van der Waals surface area contributed by atoms with E-state index in [0.717, 1.165) is 12.3 Å². The fraction of sp³-hybridized carbons (Fsp3) is 0.227. The van der Waals surface area contributed by atoms with Gasteiger partial charge in [-0.2, -0.15) is 13.2 Å². The molecule has 1 aromatic carbocycles. The predicted octanol–water partition coefficient (Wildman–Crippen LogP) is 4.04. The number of H-pyrrole nitrogens is 1. The lowest BCUT2D eigenvalue weighted by molar-refractivity contribution is -0.141. The summed E-state index contributed by atoms with van der Waals surface area (Å²) in [4.78, 5) is 34.4. The van der Waals surface area contributed by atoms with Crippen molar-refractivity contribution in [1.82, 2.24) is 9.97 Å². The van der Waals surface area contributed by atoms with Crippen LogP contribution in [0.1, 0.15) is 28.0 Å². The van der Waals surface area contributed by atoms with Crippen LogP contribution in [-0.4, -0.2) is 29.1 Å². The summed E-state index contributed by atoms with van der Waals surface area (Å²) in [7, 11) is 0. The Morgan fingerprint density at radius 3 is 2.55 bits per heavy atom. The molecule has 2 aliphatic heterocycles. The van der Waals surface area contributed by atoms with Crippen molar-refractivity contribution in [3.8, 4) is 0 Å². The van der Waals surface area contributed by atoms with Crippen molar-refractivity contribution in [3.05, 3.63) is 75.6 Å². The van der Waals surface area contributed by atoms with Gasteiger partial charge in [-0.25, -0.2) is 9.37 Å². The summed E-state index contributed by atoms with van der Waals surface area (Å²) in [6.07, 6.45) is -2.68. The molecule has 2 bridgehead atoms. The molecule has 1 amide bonds. The lowest BCUT2D eigenvalue weighted by Crippen LogP contribution is -2.46. The molecule has 7 nitrogen and oxygen atoms in total. The van der Waals surface area contributed by atoms with E-state index < -0.39 is 29.2 Å². The third kappa shape index (κ3) is 3.69. The number of fused-ring (bicyclic) bond motifs is 8. The molecule has 0 radical (unpaired) electrons. The maximum atomic E-state index is 14.0. The second-order valence-electron chi connectivity index (χ2n) is 7.77. The number of pyridine rings is 2. The van der Waals surface area contributed by atoms with E-state index in [-0.39, 0.29) is 23.7 Å². The summed E-state index contributed by atoms with van der Waals surface area (Å²) >= 11 is 0. The van der Waals surface area contributed by atoms with Gasteiger partial charge in [0.05, 0.1) is 23.1 Å². The predicted molar refractivity (Wildman–Crippen MR) is 113 cm³/mol. The van der Waals surface area contributed by atoms with Gasteiger partial charge < -0.3 is 15.2 Å². The molecule has 0 saturated carbocycles. The molecule has 5 rings (SSSR count). The van der Waals surface area contributed by atoms with Gasteiger partial charge in [0, 0.05) is 18.3 Å². The smallest absolute Gasteiger partial charge is 0.370 e. The zero-order valence-electron chi connectivity index (χ0n) is 17.0. The summed E-state index contributed by atoms with van der Waals surface area (Å²) in [5.41, 5.74) is -0.0932. The first-order valence-electron chi connectivity index (χ1n) is 10.1. The second kappa shape index (κ2) is 7.61. The van der Waals surface area contributed by atoms with Crippen LogP contribution < -0.4 is 20.7 Å². The lowest BCUT2D eigenvalue weighted by Gasteiger charge is -2.39. The van der Waals surface area contributed by atoms with Crippen LogP contribution in [0.5, 0.6) is 0 Å². The molecule has 33 heavy (non-hydrogen) atoms. The minimum absolute atomic E-state index is 0.0712. The van der Waals surface area contributed by atoms with Gasteiger partial charge in [0.2, 0.25) is 5.56 Å². The molecular formula is C22H17F4N5O2. The minimum atomic E-state index is -4.74. The molecule has 0 unspecified atom stereocenters. The van der Waals surface area contributed by atoms with Crippen LogP contribution >= 0.6 is 0 Å². The standard InChI is InChI=1S/C22H17F4N5O2/c23-13-3-4-15-12(8-13)2-1-7-27-20-16(5-6-19(32)29-20)31-11-30(15)17-10-28-18(22(24,25)26)9-14(17)21(31)33/h3-6,8-10H,1-2,7,11H2,(H2,27,29,32). The minimum Gasteiger partial charge on any atom is -0.370 e. The molecule has 2 aliphatic rings. The van der Waals surface area contributed by atoms with Gasteiger partial charge in [-0.05, 0) is 48.7 Å². The van der Waals surface area contributed by atoms with E-state index in [2.05, 4.69) is 15.3 Å². The van der Waals surface area contributed by atoms with E-state index >= 15 is 0 Å². The lowest BCUT2D eigenvalue weighted by atomic mass is 10.0. The van der Waals surface area contributed by atoms with Gasteiger partial charge >= 0.3 is 6.18 Å². The first kappa shape index (κ1) is 21.0. The van der Waals surface area contributed by atoms with Crippen molar-refractivity contribution in [2.24, 2.45) is 0 Å². The average molecular weight is 459 g/mol. The monoisotopic (exact) mass is 459 g/mol. The van der Waals surface area contributed by atoms with E-state index in [1.165, 1.54) is 29.2 Å². The highest BCUT2D eigenvalue weighted by Gasteiger charge is 2.38. The molecule has 2 aromatic heterocycles. The summed E-state index contributed by atoms with van der Waals surface area (Å²) in [6, 6.07) is 7.58. The number of aryl methyl sites for hydroxylation is 1. The van der Waals surface area contributed by atoms with Gasteiger partial charge in [-0.3, -0.25) is 14.5 Å². The Balaban J connectivity index is 1.76. The maximum absolute atomic E-state index is 14.0. The topological polar surface area (TPSA) is 81.3 Å². The van der Waals surface area contributed by atoms with Crippen LogP contribution in [0.25, 0.3) is 0 Å². The third-order valence-electron chi connectivity index (χ3n) is 5.67. The molecule has 3 aromatic rings. The highest BCUT2D eigenvalue weighted by atomic mass is 19.4. The van der Waals surface area contributed by atoms with Gasteiger partial charge in [0.25, 0.3) is 5.91 Å². The summed E-state index contributed by atoms with van der Waals surface area (Å²) in [5, 5.41) is 3.08. The number of carbonyl (C=O) groups excluding carboxylic acids is 1. The van der Waals surface area contributed by atoms with Crippen LogP contribution in [0.4, 0.5) is 40.4 Å². The Hall–Kier alpha value is -3.89. The molecule has 0 aliphatic carbocycles. The zero-order valence-corrected chi connectivity index (χ0v) is 17.0. The molecule has 2 N–H and O–H groups in total. The largest absolute Gasteiger partial charge is 0.433 e. The molecule has 0 saturated heterocycles. The number of nitrogens with one attached hydrogen (secondary N) is 2. The number of hydrogen-bond donors (Lipinski definition) is 2. The number of alkyl halides is 3. The zero-order chi connectivity index (χ0) is 23.3. The summed E-state index contributed by atoms with van der Waals surface area (Å²) in [5.74, 6) is -0.839. The molecule has 4 heterocycles. The number of carbonyl (C=O) groups is 1. The molecule has 0 spiro atoms. The first-order valence-corrected chi connectivity index (χ1v) is 10.1. The molecule has 0 atom stereocenters. The summed E-state index contributed by atoms with van der Waals surface area (Å²) < 4.78 is 54.1. The molecular weight excluding hydrogens is 442 g/mol. The highest BCUT2D eigenvalue weighted by Crippen LogP contribution is 2.40. The van der Waals surface area contributed by atoms with Gasteiger partial charge in [0.1, 0.15) is 24.0 Å². The molecule has 170 valence electrons. The van der Waals surface area contributed by atoms with Crippen LogP contribution in [0.2, 0.25) is 0 Å². The van der Waals surface area contributed by atoms with E-state index in [1.54, 1.807) is 11.0 Å². The van der Waals surface area contributed by atoms with E-state index in [4.69, 9.17) is 0 Å². The Kier molecular flexibility index (Phi) is 4.84. The molecule has 0 fully saturated rings. The second-order valence-corrected chi connectivity index (χ2v) is 7.77. The number of amides is 1. The highest BCUT2D eigenvalue weighted by molar-refractivity contribution is 6.13. The first-order chi connectivity index (χ1) is 15.7. The summed E-state index contributed by atoms with van der Waals surface area (Å²) in [6.45, 7) is 0.343. The van der Waals surface area contributed by atoms with E-state index in [1.807, 2.05) is 0 Å². The quantitative estimate of drug-likeness (QED) is 0.496. The number of hydrogen-bond acceptors (Lipinski definition) is 5. The number of halogens is 4. The van der Waals surface area contributed by atoms with Gasteiger partial charge in [-0.15, -0.1) is 0 Å². The number of benzene rings is 1. The SMILES string of the molecule is O=C1c2cc(C(F)(F)F)ncc2N2CN1c1ccc(=O)[nH]c1NCCCc1cc(F)ccc12. The van der Waals surface area contributed by atoms with Gasteiger partial charge in [-0.1, -0.05) is 0 Å². The Morgan fingerprint density at radius 1 is 0.970 bits per heavy atom. The van der Waals surface area contributed by atoms with Crippen LogP contribution in [-0.2, 0) is 12.6 Å². The van der Waals surface area contributed by atoms with Crippen molar-refractivity contribution < 1.29 is 22.4 Å². The fourth-order valence-electron chi connectivity index (χ4n) is 4.14. The van der Waals surface area contributed by atoms with Crippen molar-refractivity contribution >= 4 is 28.8 Å². The van der Waals surface area contributed by atoms with E-state index in [0.29, 0.717) is 36.3 Å². The third-order valence-corrected chi connectivity index (χ3v) is 5.67. The number of anilines is 4. The normalized spacial score (nSPS) is 15.7. The van der Waals surface area contributed by atoms with Gasteiger partial charge in [0.15, 0.2) is 0 Å². The van der Waals surface area contributed by atoms with Crippen LogP contribution in [0, 0.1) is 5.82 Å². The van der Waals surface area contributed by atoms with Crippen LogP contribution in [0.3, 0.4) is 0 Å². The Labute approximate surface area is 184 Å². The van der Waals surface area contributed by atoms with E-state index in [9.17, 15) is 27.2 Å². The maximum Gasteiger partial charge on any atom is 0.433 e. The Morgan fingerprint density at radius 2 is 1.76 bits per heavy atom. The van der Waals surface area contributed by atoms with Crippen LogP contribution in [0.15, 0.2) is 47.4 Å². The number of aromatic nitrogens is 2. The number of nitrogens with zero attached hydrogens (tertiary/aromatic N) is 3. The van der Waals surface area contributed by atoms with Crippen molar-refractivity contribution in [2.75, 3.05) is 28.3 Å². The fourth-order valence-corrected chi connectivity index (χ4v) is 4.14.